The highest BCUT2D eigenvalue weighted by molar-refractivity contribution is 5.98. The van der Waals surface area contributed by atoms with Crippen LogP contribution < -0.4 is 0 Å². The van der Waals surface area contributed by atoms with Gasteiger partial charge in [-0.1, -0.05) is 30.3 Å². The highest BCUT2D eigenvalue weighted by atomic mass is 16.5. The molecule has 0 unspecified atom stereocenters. The van der Waals surface area contributed by atoms with E-state index in [1.54, 1.807) is 0 Å². The SMILES string of the molecule is C[C@H]1[C@H](CCN2CCCC2)COCCN1C(=O)c1ccc2ccccc2c1. The fraction of sp³-hybridized carbons (Fsp3) is 0.522. The number of ether oxygens (including phenoxy) is 1. The molecule has 0 aliphatic carbocycles. The van der Waals surface area contributed by atoms with E-state index in [0.717, 1.165) is 30.5 Å². The summed E-state index contributed by atoms with van der Waals surface area (Å²) >= 11 is 0. The van der Waals surface area contributed by atoms with Gasteiger partial charge in [0, 0.05) is 24.1 Å². The van der Waals surface area contributed by atoms with Gasteiger partial charge >= 0.3 is 0 Å². The van der Waals surface area contributed by atoms with Gasteiger partial charge in [-0.3, -0.25) is 4.79 Å². The third-order valence-corrected chi connectivity index (χ3v) is 6.25. The van der Waals surface area contributed by atoms with E-state index in [0.29, 0.717) is 19.1 Å². The molecule has 4 rings (SSSR count). The molecule has 2 heterocycles. The van der Waals surface area contributed by atoms with E-state index in [1.807, 2.05) is 35.2 Å². The van der Waals surface area contributed by atoms with Crippen LogP contribution >= 0.6 is 0 Å². The van der Waals surface area contributed by atoms with Crippen LogP contribution in [0.1, 0.15) is 36.5 Å². The maximum absolute atomic E-state index is 13.3. The zero-order chi connectivity index (χ0) is 18.6. The van der Waals surface area contributed by atoms with Crippen LogP contribution in [0.4, 0.5) is 0 Å². The Hall–Kier alpha value is -1.91. The summed E-state index contributed by atoms with van der Waals surface area (Å²) in [5.74, 6) is 0.530. The Morgan fingerprint density at radius 3 is 2.67 bits per heavy atom. The lowest BCUT2D eigenvalue weighted by Crippen LogP contribution is -2.43. The maximum atomic E-state index is 13.3. The predicted molar refractivity (Wildman–Crippen MR) is 109 cm³/mol. The second-order valence-electron chi connectivity index (χ2n) is 7.97. The minimum atomic E-state index is 0.130. The van der Waals surface area contributed by atoms with E-state index in [9.17, 15) is 4.79 Å². The van der Waals surface area contributed by atoms with E-state index in [-0.39, 0.29) is 11.9 Å². The molecule has 2 aromatic carbocycles. The topological polar surface area (TPSA) is 32.8 Å². The van der Waals surface area contributed by atoms with E-state index in [1.165, 1.54) is 31.3 Å². The van der Waals surface area contributed by atoms with Gasteiger partial charge in [0.15, 0.2) is 0 Å². The number of rotatable bonds is 4. The van der Waals surface area contributed by atoms with Crippen LogP contribution in [0.15, 0.2) is 42.5 Å². The van der Waals surface area contributed by atoms with Crippen molar-refractivity contribution in [1.82, 2.24) is 9.80 Å². The molecule has 2 fully saturated rings. The lowest BCUT2D eigenvalue weighted by atomic mass is 9.96. The van der Waals surface area contributed by atoms with E-state index < -0.39 is 0 Å². The molecule has 0 bridgehead atoms. The van der Waals surface area contributed by atoms with Gasteiger partial charge in [0.1, 0.15) is 0 Å². The fourth-order valence-corrected chi connectivity index (χ4v) is 4.45. The lowest BCUT2D eigenvalue weighted by Gasteiger charge is -2.32. The van der Waals surface area contributed by atoms with Crippen molar-refractivity contribution in [3.05, 3.63) is 48.0 Å². The molecule has 4 nitrogen and oxygen atoms in total. The second-order valence-corrected chi connectivity index (χ2v) is 7.97. The number of likely N-dealkylation sites (tertiary alicyclic amines) is 1. The van der Waals surface area contributed by atoms with Gasteiger partial charge in [-0.25, -0.2) is 0 Å². The average molecular weight is 367 g/mol. The van der Waals surface area contributed by atoms with Crippen LogP contribution in [0.2, 0.25) is 0 Å². The molecule has 0 aromatic heterocycles. The summed E-state index contributed by atoms with van der Waals surface area (Å²) in [5.41, 5.74) is 0.778. The third-order valence-electron chi connectivity index (χ3n) is 6.25. The van der Waals surface area contributed by atoms with Gasteiger partial charge in [-0.2, -0.15) is 0 Å². The fourth-order valence-electron chi connectivity index (χ4n) is 4.45. The number of hydrogen-bond donors (Lipinski definition) is 0. The zero-order valence-corrected chi connectivity index (χ0v) is 16.3. The number of carbonyl (C=O) groups is 1. The maximum Gasteiger partial charge on any atom is 0.254 e. The van der Waals surface area contributed by atoms with Crippen molar-refractivity contribution in [3.8, 4) is 0 Å². The largest absolute Gasteiger partial charge is 0.379 e. The number of nitrogens with zero attached hydrogens (tertiary/aromatic N) is 2. The van der Waals surface area contributed by atoms with Crippen LogP contribution in [0.3, 0.4) is 0 Å². The van der Waals surface area contributed by atoms with Crippen molar-refractivity contribution in [2.45, 2.75) is 32.2 Å². The molecule has 4 heteroatoms. The molecule has 144 valence electrons. The van der Waals surface area contributed by atoms with Gasteiger partial charge in [0.2, 0.25) is 0 Å². The van der Waals surface area contributed by atoms with Gasteiger partial charge in [0.25, 0.3) is 5.91 Å². The molecule has 2 aliphatic heterocycles. The number of amides is 1. The van der Waals surface area contributed by atoms with E-state index >= 15 is 0 Å². The second kappa shape index (κ2) is 8.41. The van der Waals surface area contributed by atoms with Crippen molar-refractivity contribution >= 4 is 16.7 Å². The Morgan fingerprint density at radius 2 is 1.85 bits per heavy atom. The summed E-state index contributed by atoms with van der Waals surface area (Å²) < 4.78 is 5.87. The average Bonchev–Trinajstić information content (AvgIpc) is 3.15. The summed E-state index contributed by atoms with van der Waals surface area (Å²) in [6.07, 6.45) is 3.75. The zero-order valence-electron chi connectivity index (χ0n) is 16.3. The van der Waals surface area contributed by atoms with Crippen LogP contribution in [0, 0.1) is 5.92 Å². The lowest BCUT2D eigenvalue weighted by molar-refractivity contribution is 0.0652. The first kappa shape index (κ1) is 18.5. The quantitative estimate of drug-likeness (QED) is 0.825. The number of benzene rings is 2. The predicted octanol–water partition coefficient (Wildman–Crippen LogP) is 3.80. The summed E-state index contributed by atoms with van der Waals surface area (Å²) in [4.78, 5) is 17.9. The van der Waals surface area contributed by atoms with Crippen LogP contribution in [0.5, 0.6) is 0 Å². The minimum Gasteiger partial charge on any atom is -0.379 e. The van der Waals surface area contributed by atoms with Gasteiger partial charge in [-0.15, -0.1) is 0 Å². The summed E-state index contributed by atoms with van der Waals surface area (Å²) in [5, 5.41) is 2.29. The molecule has 1 amide bonds. The first-order chi connectivity index (χ1) is 13.2. The third kappa shape index (κ3) is 4.17. The van der Waals surface area contributed by atoms with Crippen LogP contribution in [-0.2, 0) is 4.74 Å². The van der Waals surface area contributed by atoms with E-state index in [4.69, 9.17) is 4.74 Å². The number of carbonyl (C=O) groups excluding carboxylic acids is 1. The summed E-state index contributed by atoms with van der Waals surface area (Å²) in [6.45, 7) is 7.83. The van der Waals surface area contributed by atoms with Gasteiger partial charge in [0.05, 0.1) is 13.2 Å². The van der Waals surface area contributed by atoms with Crippen molar-refractivity contribution in [1.29, 1.82) is 0 Å². The molecule has 27 heavy (non-hydrogen) atoms. The number of hydrogen-bond acceptors (Lipinski definition) is 3. The Labute approximate surface area is 162 Å². The molecule has 2 saturated heterocycles. The molecule has 2 aliphatic rings. The highest BCUT2D eigenvalue weighted by Gasteiger charge is 2.31. The Kier molecular flexibility index (Phi) is 5.74. The first-order valence-corrected chi connectivity index (χ1v) is 10.3. The Balaban J connectivity index is 1.48. The molecule has 0 radical (unpaired) electrons. The van der Waals surface area contributed by atoms with Crippen LogP contribution in [0.25, 0.3) is 10.8 Å². The molecular formula is C23H30N2O2. The molecule has 0 spiro atoms. The minimum absolute atomic E-state index is 0.130. The monoisotopic (exact) mass is 366 g/mol. The first-order valence-electron chi connectivity index (χ1n) is 10.3. The standard InChI is InChI=1S/C23H30N2O2/c1-18-22(10-13-24-11-4-5-12-24)17-27-15-14-25(18)23(26)21-9-8-19-6-2-3-7-20(19)16-21/h2-3,6-9,16,18,22H,4-5,10-15,17H2,1H3/t18-,22+/m0/s1. The molecule has 2 aromatic rings. The normalized spacial score (nSPS) is 24.3. The van der Waals surface area contributed by atoms with Crippen molar-refractivity contribution in [2.75, 3.05) is 39.4 Å². The van der Waals surface area contributed by atoms with Crippen molar-refractivity contribution in [2.24, 2.45) is 5.92 Å². The molecular weight excluding hydrogens is 336 g/mol. The molecule has 0 saturated carbocycles. The Morgan fingerprint density at radius 1 is 1.07 bits per heavy atom. The molecule has 0 N–H and O–H groups in total. The van der Waals surface area contributed by atoms with Crippen molar-refractivity contribution in [3.63, 3.8) is 0 Å². The molecule has 2 atom stereocenters. The van der Waals surface area contributed by atoms with Crippen molar-refractivity contribution < 1.29 is 9.53 Å². The highest BCUT2D eigenvalue weighted by Crippen LogP contribution is 2.24. The van der Waals surface area contributed by atoms with Gasteiger partial charge < -0.3 is 14.5 Å². The smallest absolute Gasteiger partial charge is 0.254 e. The summed E-state index contributed by atoms with van der Waals surface area (Å²) in [7, 11) is 0. The Bertz CT molecular complexity index is 785. The number of fused-ring (bicyclic) bond motifs is 1. The van der Waals surface area contributed by atoms with Crippen LogP contribution in [-0.4, -0.2) is 61.1 Å². The van der Waals surface area contributed by atoms with Gasteiger partial charge in [-0.05, 0) is 68.7 Å². The van der Waals surface area contributed by atoms with E-state index in [2.05, 4.69) is 24.0 Å². The summed E-state index contributed by atoms with van der Waals surface area (Å²) in [6, 6.07) is 14.4.